The van der Waals surface area contributed by atoms with Gasteiger partial charge in [-0.1, -0.05) is 6.07 Å². The highest BCUT2D eigenvalue weighted by atomic mass is 19.1. The molecule has 4 aromatic rings. The Balaban J connectivity index is 1.55. The number of halogens is 1. The predicted molar refractivity (Wildman–Crippen MR) is 127 cm³/mol. The molecule has 3 aromatic heterocycles. The van der Waals surface area contributed by atoms with Crippen molar-refractivity contribution in [2.45, 2.75) is 13.5 Å². The van der Waals surface area contributed by atoms with Crippen LogP contribution in [0, 0.1) is 12.7 Å². The Morgan fingerprint density at radius 1 is 1.06 bits per heavy atom. The Morgan fingerprint density at radius 3 is 2.65 bits per heavy atom. The third-order valence-electron chi connectivity index (χ3n) is 5.41. The summed E-state index contributed by atoms with van der Waals surface area (Å²) >= 11 is 0. The molecule has 0 saturated carbocycles. The molecule has 5 rings (SSSR count). The molecule has 0 fully saturated rings. The molecule has 0 saturated heterocycles. The number of aromatic nitrogens is 5. The second-order valence-electron chi connectivity index (χ2n) is 7.82. The number of aryl methyl sites for hydroxylation is 1. The fourth-order valence-electron chi connectivity index (χ4n) is 3.92. The van der Waals surface area contributed by atoms with Gasteiger partial charge < -0.3 is 20.9 Å². The first kappa shape index (κ1) is 21.3. The molecule has 1 aromatic carbocycles. The second-order valence-corrected chi connectivity index (χ2v) is 7.82. The minimum absolute atomic E-state index is 0.284. The lowest BCUT2D eigenvalue weighted by Gasteiger charge is -2.30. The molecule has 0 radical (unpaired) electrons. The van der Waals surface area contributed by atoms with Gasteiger partial charge in [0.05, 0.1) is 41.1 Å². The van der Waals surface area contributed by atoms with Gasteiger partial charge in [-0.3, -0.25) is 4.79 Å². The lowest BCUT2D eigenvalue weighted by molar-refractivity contribution is 0.0963. The summed E-state index contributed by atoms with van der Waals surface area (Å²) in [5.74, 6) is 1.72. The maximum absolute atomic E-state index is 13.2. The Morgan fingerprint density at radius 2 is 1.88 bits per heavy atom. The number of nitrogens with zero attached hydrogens (tertiary/aromatic N) is 6. The van der Waals surface area contributed by atoms with E-state index in [-0.39, 0.29) is 5.91 Å². The predicted octanol–water partition coefficient (Wildman–Crippen LogP) is 3.30. The molecule has 1 aliphatic heterocycles. The number of anilines is 5. The number of benzene rings is 1. The number of hydrogen-bond acceptors (Lipinski definition) is 8. The van der Waals surface area contributed by atoms with Crippen molar-refractivity contribution in [2.24, 2.45) is 0 Å². The van der Waals surface area contributed by atoms with Gasteiger partial charge in [0.15, 0.2) is 5.82 Å². The summed E-state index contributed by atoms with van der Waals surface area (Å²) in [5, 5.41) is 13.6. The van der Waals surface area contributed by atoms with Crippen molar-refractivity contribution in [2.75, 3.05) is 29.6 Å². The molecule has 3 N–H and O–H groups in total. The van der Waals surface area contributed by atoms with Crippen LogP contribution in [0.15, 0.2) is 48.8 Å². The molecule has 1 amide bonds. The van der Waals surface area contributed by atoms with E-state index in [0.717, 1.165) is 29.1 Å². The maximum atomic E-state index is 13.2. The summed E-state index contributed by atoms with van der Waals surface area (Å²) in [6.45, 7) is 2.46. The maximum Gasteiger partial charge on any atom is 0.254 e. The molecule has 4 heterocycles. The van der Waals surface area contributed by atoms with Gasteiger partial charge in [-0.25, -0.2) is 24.0 Å². The van der Waals surface area contributed by atoms with Crippen LogP contribution in [-0.4, -0.2) is 44.7 Å². The van der Waals surface area contributed by atoms with Crippen LogP contribution in [0.2, 0.25) is 0 Å². The van der Waals surface area contributed by atoms with Gasteiger partial charge in [0.1, 0.15) is 23.3 Å². The summed E-state index contributed by atoms with van der Waals surface area (Å²) in [6.07, 6.45) is 2.59. The third kappa shape index (κ3) is 3.87. The minimum Gasteiger partial charge on any atom is -0.364 e. The normalized spacial score (nSPS) is 12.1. The van der Waals surface area contributed by atoms with Crippen LogP contribution in [0.5, 0.6) is 0 Å². The lowest BCUT2D eigenvalue weighted by Crippen LogP contribution is -2.27. The number of amides is 1. The molecule has 0 unspecified atom stereocenters. The molecule has 0 bridgehead atoms. The fraction of sp³-hybridized carbons (Fsp3) is 0.174. The van der Waals surface area contributed by atoms with Gasteiger partial charge in [-0.2, -0.15) is 5.10 Å². The first-order valence-electron chi connectivity index (χ1n) is 10.6. The first-order chi connectivity index (χ1) is 16.4. The number of carbonyl (C=O) groups is 1. The van der Waals surface area contributed by atoms with Crippen molar-refractivity contribution >= 4 is 34.6 Å². The number of carbonyl (C=O) groups excluding carboxylic acids is 1. The fourth-order valence-corrected chi connectivity index (χ4v) is 3.92. The second kappa shape index (κ2) is 8.43. The molecule has 0 aliphatic carbocycles. The van der Waals surface area contributed by atoms with E-state index in [9.17, 15) is 9.18 Å². The number of pyridine rings is 2. The molecule has 34 heavy (non-hydrogen) atoms. The highest BCUT2D eigenvalue weighted by Gasteiger charge is 2.25. The molecular formula is C23H22FN9O. The SMILES string of the molecule is CNC(=O)c1cnc(Nc2ccc(F)cn2)cc1Nc1cccc2c1N(C)Cc1nc(C)nn1-2. The Labute approximate surface area is 194 Å². The van der Waals surface area contributed by atoms with Gasteiger partial charge >= 0.3 is 0 Å². The van der Waals surface area contributed by atoms with Crippen LogP contribution in [0.3, 0.4) is 0 Å². The number of fused-ring (bicyclic) bond motifs is 3. The average molecular weight is 459 g/mol. The van der Waals surface area contributed by atoms with Crippen LogP contribution >= 0.6 is 0 Å². The van der Waals surface area contributed by atoms with E-state index in [2.05, 4.69) is 40.9 Å². The Kier molecular flexibility index (Phi) is 5.28. The van der Waals surface area contributed by atoms with Crippen LogP contribution in [0.25, 0.3) is 5.69 Å². The van der Waals surface area contributed by atoms with Gasteiger partial charge in [0.2, 0.25) is 0 Å². The van der Waals surface area contributed by atoms with E-state index in [0.29, 0.717) is 35.3 Å². The summed E-state index contributed by atoms with van der Waals surface area (Å²) in [4.78, 5) is 27.5. The Hall–Kier alpha value is -4.54. The molecular weight excluding hydrogens is 437 g/mol. The number of nitrogens with one attached hydrogen (secondary N) is 3. The van der Waals surface area contributed by atoms with E-state index in [4.69, 9.17) is 0 Å². The van der Waals surface area contributed by atoms with Crippen molar-refractivity contribution in [3.05, 3.63) is 71.8 Å². The van der Waals surface area contributed by atoms with Crippen molar-refractivity contribution in [1.29, 1.82) is 0 Å². The van der Waals surface area contributed by atoms with Gasteiger partial charge in [-0.15, -0.1) is 0 Å². The molecule has 11 heteroatoms. The first-order valence-corrected chi connectivity index (χ1v) is 10.6. The van der Waals surface area contributed by atoms with Crippen LogP contribution < -0.4 is 20.9 Å². The molecule has 0 spiro atoms. The smallest absolute Gasteiger partial charge is 0.254 e. The van der Waals surface area contributed by atoms with E-state index in [1.54, 1.807) is 13.1 Å². The Bertz CT molecular complexity index is 1380. The van der Waals surface area contributed by atoms with Crippen molar-refractivity contribution in [1.82, 2.24) is 30.0 Å². The minimum atomic E-state index is -0.431. The zero-order valence-corrected chi connectivity index (χ0v) is 18.8. The van der Waals surface area contributed by atoms with E-state index in [1.165, 1.54) is 18.3 Å². The van der Waals surface area contributed by atoms with Gasteiger partial charge in [0, 0.05) is 26.4 Å². The van der Waals surface area contributed by atoms with Crippen LogP contribution in [-0.2, 0) is 6.54 Å². The summed E-state index contributed by atoms with van der Waals surface area (Å²) in [5.41, 5.74) is 3.52. The summed E-state index contributed by atoms with van der Waals surface area (Å²) < 4.78 is 15.0. The van der Waals surface area contributed by atoms with E-state index < -0.39 is 5.82 Å². The largest absolute Gasteiger partial charge is 0.364 e. The molecule has 0 atom stereocenters. The summed E-state index contributed by atoms with van der Waals surface area (Å²) in [6, 6.07) is 10.4. The monoisotopic (exact) mass is 459 g/mol. The van der Waals surface area contributed by atoms with Crippen molar-refractivity contribution in [3.8, 4) is 5.69 Å². The lowest BCUT2D eigenvalue weighted by atomic mass is 10.1. The number of rotatable bonds is 5. The zero-order valence-electron chi connectivity index (χ0n) is 18.8. The molecule has 10 nitrogen and oxygen atoms in total. The standard InChI is InChI=1S/C23H22FN9O/c1-13-28-21-12-32(3)22-16(5-4-6-18(22)33(21)31-13)29-17-9-20(27-11-15(17)23(34)25-2)30-19-8-7-14(24)10-26-19/h4-11H,12H2,1-3H3,(H,25,34)(H2,26,27,29,30). The van der Waals surface area contributed by atoms with E-state index in [1.807, 2.05) is 36.9 Å². The number of para-hydroxylation sites is 1. The summed E-state index contributed by atoms with van der Waals surface area (Å²) in [7, 11) is 3.55. The zero-order chi connectivity index (χ0) is 23.8. The highest BCUT2D eigenvalue weighted by molar-refractivity contribution is 6.01. The topological polar surface area (TPSA) is 113 Å². The van der Waals surface area contributed by atoms with Crippen molar-refractivity contribution in [3.63, 3.8) is 0 Å². The number of hydrogen-bond donors (Lipinski definition) is 3. The van der Waals surface area contributed by atoms with Gasteiger partial charge in [0.25, 0.3) is 5.91 Å². The molecule has 172 valence electrons. The van der Waals surface area contributed by atoms with Crippen molar-refractivity contribution < 1.29 is 9.18 Å². The van der Waals surface area contributed by atoms with E-state index >= 15 is 0 Å². The third-order valence-corrected chi connectivity index (χ3v) is 5.41. The van der Waals surface area contributed by atoms with Crippen LogP contribution in [0.4, 0.5) is 33.1 Å². The quantitative estimate of drug-likeness (QED) is 0.417. The van der Waals surface area contributed by atoms with Crippen LogP contribution in [0.1, 0.15) is 22.0 Å². The average Bonchev–Trinajstić information content (AvgIpc) is 3.20. The van der Waals surface area contributed by atoms with Gasteiger partial charge in [-0.05, 0) is 31.2 Å². The highest BCUT2D eigenvalue weighted by Crippen LogP contribution is 2.38. The molecule has 1 aliphatic rings.